The first-order chi connectivity index (χ1) is 5.88. The van der Waals surface area contributed by atoms with Crippen LogP contribution in [0.1, 0.15) is 32.6 Å². The molecule has 1 heterocycles. The van der Waals surface area contributed by atoms with Gasteiger partial charge in [-0.25, -0.2) is 0 Å². The van der Waals surface area contributed by atoms with Crippen molar-refractivity contribution in [2.75, 3.05) is 6.61 Å². The van der Waals surface area contributed by atoms with Crippen molar-refractivity contribution in [2.24, 2.45) is 0 Å². The van der Waals surface area contributed by atoms with Gasteiger partial charge in [0.15, 0.2) is 0 Å². The van der Waals surface area contributed by atoms with Gasteiger partial charge in [-0.3, -0.25) is 0 Å². The smallest absolute Gasteiger partial charge is 0.111 e. The van der Waals surface area contributed by atoms with Crippen LogP contribution in [0, 0.1) is 0 Å². The van der Waals surface area contributed by atoms with Crippen molar-refractivity contribution in [1.29, 1.82) is 0 Å². The van der Waals surface area contributed by atoms with E-state index in [0.29, 0.717) is 0 Å². The summed E-state index contributed by atoms with van der Waals surface area (Å²) in [4.78, 5) is 0. The molecule has 0 bridgehead atoms. The maximum Gasteiger partial charge on any atom is 0.111 e. The molecule has 0 amide bonds. The normalized spacial score (nSPS) is 28.2. The first kappa shape index (κ1) is 9.75. The zero-order valence-electron chi connectivity index (χ0n) is 7.70. The lowest BCUT2D eigenvalue weighted by atomic mass is 10.2. The lowest BCUT2D eigenvalue weighted by Gasteiger charge is -1.90. The van der Waals surface area contributed by atoms with Gasteiger partial charge in [-0.1, -0.05) is 31.9 Å². The molecule has 1 aliphatic rings. The number of allylic oxidation sites excluding steroid dienone is 1. The second-order valence-electron chi connectivity index (χ2n) is 3.25. The molecule has 1 aliphatic heterocycles. The third kappa shape index (κ3) is 3.37. The number of rotatable bonds is 6. The summed E-state index contributed by atoms with van der Waals surface area (Å²) in [6.45, 7) is 2.36. The maximum atomic E-state index is 8.66. The van der Waals surface area contributed by atoms with Crippen molar-refractivity contribution in [1.82, 2.24) is 0 Å². The Balaban J connectivity index is 1.93. The summed E-state index contributed by atoms with van der Waals surface area (Å²) < 4.78 is 5.14. The summed E-state index contributed by atoms with van der Waals surface area (Å²) in [6.07, 6.45) is 9.51. The van der Waals surface area contributed by atoms with Crippen LogP contribution < -0.4 is 0 Å². The van der Waals surface area contributed by atoms with Crippen LogP contribution in [-0.2, 0) is 4.74 Å². The van der Waals surface area contributed by atoms with Crippen LogP contribution in [0.3, 0.4) is 0 Å². The first-order valence-electron chi connectivity index (χ1n) is 4.81. The van der Waals surface area contributed by atoms with Crippen molar-refractivity contribution >= 4 is 0 Å². The zero-order chi connectivity index (χ0) is 8.81. The predicted molar refractivity (Wildman–Crippen MR) is 49.0 cm³/mol. The van der Waals surface area contributed by atoms with Crippen molar-refractivity contribution in [3.63, 3.8) is 0 Å². The third-order valence-corrected chi connectivity index (χ3v) is 2.10. The molecule has 2 atom stereocenters. The van der Waals surface area contributed by atoms with E-state index in [1.807, 2.05) is 0 Å². The highest BCUT2D eigenvalue weighted by atomic mass is 16.6. The van der Waals surface area contributed by atoms with Crippen LogP contribution in [0.2, 0.25) is 0 Å². The van der Waals surface area contributed by atoms with E-state index in [0.717, 1.165) is 6.42 Å². The fourth-order valence-electron chi connectivity index (χ4n) is 1.22. The molecule has 0 aliphatic carbocycles. The number of ether oxygens (including phenoxy) is 1. The number of unbranched alkanes of at least 4 members (excludes halogenated alkanes) is 3. The highest BCUT2D eigenvalue weighted by Crippen LogP contribution is 2.22. The van der Waals surface area contributed by atoms with Crippen LogP contribution in [0.25, 0.3) is 0 Å². The van der Waals surface area contributed by atoms with E-state index in [4.69, 9.17) is 9.84 Å². The molecular weight excluding hydrogens is 152 g/mol. The molecule has 0 radical (unpaired) electrons. The minimum absolute atomic E-state index is 0.0902. The van der Waals surface area contributed by atoms with Crippen LogP contribution in [0.4, 0.5) is 0 Å². The molecule has 2 heteroatoms. The summed E-state index contributed by atoms with van der Waals surface area (Å²) in [5.41, 5.74) is 0. The molecular formula is C10H18O2. The minimum Gasteiger partial charge on any atom is -0.394 e. The Kier molecular flexibility index (Phi) is 4.33. The van der Waals surface area contributed by atoms with Crippen LogP contribution in [-0.4, -0.2) is 23.9 Å². The Morgan fingerprint density at radius 3 is 2.83 bits per heavy atom. The van der Waals surface area contributed by atoms with Gasteiger partial charge in [0.2, 0.25) is 0 Å². The summed E-state index contributed by atoms with van der Waals surface area (Å²) in [5, 5.41) is 8.66. The summed E-state index contributed by atoms with van der Waals surface area (Å²) in [7, 11) is 0. The van der Waals surface area contributed by atoms with Gasteiger partial charge in [0.1, 0.15) is 12.2 Å². The van der Waals surface area contributed by atoms with Gasteiger partial charge >= 0.3 is 0 Å². The van der Waals surface area contributed by atoms with Crippen LogP contribution in [0.5, 0.6) is 0 Å². The molecule has 0 spiro atoms. The van der Waals surface area contributed by atoms with Gasteiger partial charge in [-0.05, 0) is 12.8 Å². The fourth-order valence-corrected chi connectivity index (χ4v) is 1.22. The Bertz CT molecular complexity index is 143. The van der Waals surface area contributed by atoms with E-state index in [1.54, 1.807) is 0 Å². The van der Waals surface area contributed by atoms with Crippen LogP contribution in [0.15, 0.2) is 12.2 Å². The molecule has 12 heavy (non-hydrogen) atoms. The Morgan fingerprint density at radius 1 is 1.42 bits per heavy atom. The van der Waals surface area contributed by atoms with E-state index in [1.165, 1.54) is 19.3 Å². The number of aliphatic hydroxyl groups is 1. The van der Waals surface area contributed by atoms with Crippen molar-refractivity contribution < 1.29 is 9.84 Å². The van der Waals surface area contributed by atoms with Gasteiger partial charge in [0.25, 0.3) is 0 Å². The van der Waals surface area contributed by atoms with Gasteiger partial charge in [-0.15, -0.1) is 0 Å². The molecule has 1 rings (SSSR count). The number of hydrogen-bond donors (Lipinski definition) is 1. The lowest BCUT2D eigenvalue weighted by molar-refractivity contribution is 0.243. The predicted octanol–water partition coefficient (Wildman–Crippen LogP) is 1.88. The topological polar surface area (TPSA) is 32.8 Å². The van der Waals surface area contributed by atoms with E-state index < -0.39 is 0 Å². The highest BCUT2D eigenvalue weighted by molar-refractivity contribution is 5.02. The molecule has 1 fully saturated rings. The standard InChI is InChI=1S/C10H18O2/c1-2-3-4-5-6-7-9-10(8-11)12-9/h6-7,9-11H,2-5,8H2,1H3/b7-6+/t9-,10-/m1/s1. The largest absolute Gasteiger partial charge is 0.394 e. The lowest BCUT2D eigenvalue weighted by Crippen LogP contribution is -1.95. The molecule has 2 nitrogen and oxygen atoms in total. The van der Waals surface area contributed by atoms with Crippen LogP contribution >= 0.6 is 0 Å². The molecule has 0 aromatic rings. The van der Waals surface area contributed by atoms with E-state index in [2.05, 4.69) is 19.1 Å². The summed E-state index contributed by atoms with van der Waals surface area (Å²) >= 11 is 0. The van der Waals surface area contributed by atoms with E-state index in [9.17, 15) is 0 Å². The average Bonchev–Trinajstić information content (AvgIpc) is 2.83. The molecule has 0 aromatic carbocycles. The Morgan fingerprint density at radius 2 is 2.25 bits per heavy atom. The van der Waals surface area contributed by atoms with Gasteiger partial charge in [-0.2, -0.15) is 0 Å². The van der Waals surface area contributed by atoms with Gasteiger partial charge in [0, 0.05) is 0 Å². The number of hydrogen-bond acceptors (Lipinski definition) is 2. The molecule has 70 valence electrons. The molecule has 0 unspecified atom stereocenters. The fraction of sp³-hybridized carbons (Fsp3) is 0.800. The van der Waals surface area contributed by atoms with Crippen molar-refractivity contribution in [3.8, 4) is 0 Å². The summed E-state index contributed by atoms with van der Waals surface area (Å²) in [6, 6.07) is 0. The average molecular weight is 170 g/mol. The summed E-state index contributed by atoms with van der Waals surface area (Å²) in [5.74, 6) is 0. The van der Waals surface area contributed by atoms with Gasteiger partial charge in [0.05, 0.1) is 6.61 Å². The molecule has 0 saturated carbocycles. The second kappa shape index (κ2) is 5.33. The SMILES string of the molecule is CCCCC/C=C/[C@H]1O[C@@H]1CO. The third-order valence-electron chi connectivity index (χ3n) is 2.10. The zero-order valence-corrected chi connectivity index (χ0v) is 7.70. The van der Waals surface area contributed by atoms with Crippen molar-refractivity contribution in [3.05, 3.63) is 12.2 Å². The highest BCUT2D eigenvalue weighted by Gasteiger charge is 2.35. The second-order valence-corrected chi connectivity index (χ2v) is 3.25. The Labute approximate surface area is 74.2 Å². The monoisotopic (exact) mass is 170 g/mol. The van der Waals surface area contributed by atoms with E-state index >= 15 is 0 Å². The first-order valence-corrected chi connectivity index (χ1v) is 4.81. The molecule has 0 aromatic heterocycles. The minimum atomic E-state index is 0.0902. The molecule has 1 N–H and O–H groups in total. The maximum absolute atomic E-state index is 8.66. The number of epoxide rings is 1. The van der Waals surface area contributed by atoms with Crippen molar-refractivity contribution in [2.45, 2.75) is 44.8 Å². The number of aliphatic hydroxyl groups excluding tert-OH is 1. The molecule has 1 saturated heterocycles. The quantitative estimate of drug-likeness (QED) is 0.375. The van der Waals surface area contributed by atoms with Gasteiger partial charge < -0.3 is 9.84 Å². The Hall–Kier alpha value is -0.340. The van der Waals surface area contributed by atoms with E-state index in [-0.39, 0.29) is 18.8 Å².